The summed E-state index contributed by atoms with van der Waals surface area (Å²) in [5.41, 5.74) is 5.12. The third kappa shape index (κ3) is 2.13. The highest BCUT2D eigenvalue weighted by Gasteiger charge is 2.30. The minimum Gasteiger partial charge on any atom is -0.393 e. The van der Waals surface area contributed by atoms with E-state index >= 15 is 0 Å². The van der Waals surface area contributed by atoms with Crippen LogP contribution in [-0.4, -0.2) is 51.3 Å². The van der Waals surface area contributed by atoms with Crippen LogP contribution >= 0.6 is 0 Å². The molecule has 9 heteroatoms. The summed E-state index contributed by atoms with van der Waals surface area (Å²) in [6.07, 6.45) is -1.47. The third-order valence-electron chi connectivity index (χ3n) is 2.58. The Hall–Kier alpha value is -2.13. The molecule has 0 spiro atoms. The second-order valence-corrected chi connectivity index (χ2v) is 3.85. The highest BCUT2D eigenvalue weighted by atomic mass is 16.3. The number of rotatable bonds is 3. The number of nitrogens with one attached hydrogen (secondary N) is 3. The van der Waals surface area contributed by atoms with Gasteiger partial charge in [-0.25, -0.2) is 0 Å². The van der Waals surface area contributed by atoms with E-state index in [1.165, 1.54) is 0 Å². The molecule has 1 aromatic rings. The normalized spacial score (nSPS) is 19.3. The number of hydrogen-bond acceptors (Lipinski definition) is 8. The van der Waals surface area contributed by atoms with E-state index in [-0.39, 0.29) is 24.0 Å². The lowest BCUT2D eigenvalue weighted by atomic mass is 10.1. The molecule has 7 N–H and O–H groups in total. The number of Topliss-reactive ketones (excluding diaryl/α,β-unsaturated/α-hetero) is 1. The Balaban J connectivity index is 2.25. The zero-order valence-electron chi connectivity index (χ0n) is 9.30. The van der Waals surface area contributed by atoms with Crippen molar-refractivity contribution in [2.45, 2.75) is 12.1 Å². The number of hydrogen-bond donors (Lipinski definition) is 6. The number of nitrogens with zero attached hydrogens (tertiary/aromatic N) is 1. The predicted molar refractivity (Wildman–Crippen MR) is 63.3 cm³/mol. The van der Waals surface area contributed by atoms with Crippen LogP contribution in [0.1, 0.15) is 0 Å². The molecular weight excluding hydrogens is 242 g/mol. The Bertz CT molecular complexity index is 528. The van der Waals surface area contributed by atoms with E-state index < -0.39 is 30.1 Å². The summed E-state index contributed by atoms with van der Waals surface area (Å²) >= 11 is 0. The number of aromatic nitrogens is 2. The van der Waals surface area contributed by atoms with Crippen LogP contribution < -0.4 is 21.9 Å². The summed E-state index contributed by atoms with van der Waals surface area (Å²) in [4.78, 5) is 29.3. The number of fused-ring (bicyclic) bond motifs is 1. The molecule has 1 aliphatic heterocycles. The van der Waals surface area contributed by atoms with Crippen molar-refractivity contribution in [3.63, 3.8) is 0 Å². The van der Waals surface area contributed by atoms with Crippen molar-refractivity contribution < 1.29 is 15.0 Å². The van der Waals surface area contributed by atoms with Crippen LogP contribution in [0.2, 0.25) is 0 Å². The molecule has 0 saturated heterocycles. The molecule has 0 bridgehead atoms. The number of carbonyl (C=O) groups is 1. The Morgan fingerprint density at radius 2 is 2.33 bits per heavy atom. The van der Waals surface area contributed by atoms with Crippen LogP contribution in [0.25, 0.3) is 0 Å². The van der Waals surface area contributed by atoms with E-state index in [4.69, 9.17) is 10.8 Å². The number of aliphatic hydroxyl groups excluding tert-OH is 2. The molecule has 1 aromatic heterocycles. The Morgan fingerprint density at radius 1 is 1.61 bits per heavy atom. The number of nitrogen functional groups attached to an aromatic ring is 1. The van der Waals surface area contributed by atoms with Crippen molar-refractivity contribution in [2.24, 2.45) is 0 Å². The van der Waals surface area contributed by atoms with Crippen LogP contribution in [0.15, 0.2) is 4.79 Å². The third-order valence-corrected chi connectivity index (χ3v) is 2.58. The van der Waals surface area contributed by atoms with Gasteiger partial charge in [0.25, 0.3) is 5.56 Å². The molecule has 0 amide bonds. The van der Waals surface area contributed by atoms with E-state index in [0.29, 0.717) is 0 Å². The van der Waals surface area contributed by atoms with Gasteiger partial charge in [0.05, 0.1) is 6.61 Å². The maximum Gasteiger partial charge on any atom is 0.277 e. The number of ketones is 1. The van der Waals surface area contributed by atoms with Crippen LogP contribution in [0.5, 0.6) is 0 Å². The van der Waals surface area contributed by atoms with Gasteiger partial charge in [0.15, 0.2) is 11.6 Å². The number of carbonyl (C=O) groups excluding carboxylic acids is 1. The van der Waals surface area contributed by atoms with Crippen LogP contribution in [0, 0.1) is 0 Å². The highest BCUT2D eigenvalue weighted by Crippen LogP contribution is 2.20. The minimum absolute atomic E-state index is 0.0798. The zero-order valence-corrected chi connectivity index (χ0v) is 9.30. The monoisotopic (exact) mass is 255 g/mol. The van der Waals surface area contributed by atoms with Gasteiger partial charge in [-0.2, -0.15) is 4.98 Å². The number of anilines is 3. The number of aliphatic hydroxyl groups is 2. The maximum absolute atomic E-state index is 11.7. The highest BCUT2D eigenvalue weighted by molar-refractivity contribution is 5.92. The lowest BCUT2D eigenvalue weighted by Gasteiger charge is -2.26. The molecule has 0 aromatic carbocycles. The first-order valence-electron chi connectivity index (χ1n) is 5.25. The average molecular weight is 255 g/mol. The average Bonchev–Trinajstić information content (AvgIpc) is 2.36. The summed E-state index contributed by atoms with van der Waals surface area (Å²) in [6, 6.07) is -0.784. The molecule has 9 nitrogen and oxygen atoms in total. The van der Waals surface area contributed by atoms with Gasteiger partial charge in [-0.1, -0.05) is 0 Å². The van der Waals surface area contributed by atoms with Crippen LogP contribution in [-0.2, 0) is 4.79 Å². The quantitative estimate of drug-likeness (QED) is 0.346. The van der Waals surface area contributed by atoms with Gasteiger partial charge in [0.1, 0.15) is 17.8 Å². The van der Waals surface area contributed by atoms with Crippen molar-refractivity contribution in [1.29, 1.82) is 0 Å². The Kier molecular flexibility index (Phi) is 3.17. The van der Waals surface area contributed by atoms with E-state index in [2.05, 4.69) is 20.6 Å². The first kappa shape index (κ1) is 12.3. The largest absolute Gasteiger partial charge is 0.393 e. The SMILES string of the molecule is Nc1nc2c(c(=O)[nH]1)NCC(C(=O)C(O)CO)N2. The van der Waals surface area contributed by atoms with E-state index in [1.807, 2.05) is 0 Å². The van der Waals surface area contributed by atoms with E-state index in [0.717, 1.165) is 0 Å². The van der Waals surface area contributed by atoms with Gasteiger partial charge in [-0.3, -0.25) is 14.6 Å². The summed E-state index contributed by atoms with van der Waals surface area (Å²) in [6.45, 7) is -0.549. The first-order chi connectivity index (χ1) is 8.52. The van der Waals surface area contributed by atoms with Gasteiger partial charge >= 0.3 is 0 Å². The molecule has 0 saturated carbocycles. The molecule has 0 radical (unpaired) electrons. The number of nitrogens with two attached hydrogens (primary N) is 1. The Morgan fingerprint density at radius 3 is 3.00 bits per heavy atom. The number of H-pyrrole nitrogens is 1. The molecule has 2 unspecified atom stereocenters. The van der Waals surface area contributed by atoms with Gasteiger partial charge in [0, 0.05) is 6.54 Å². The fraction of sp³-hybridized carbons (Fsp3) is 0.444. The minimum atomic E-state index is -1.47. The molecule has 18 heavy (non-hydrogen) atoms. The predicted octanol–water partition coefficient (Wildman–Crippen LogP) is -2.52. The summed E-state index contributed by atoms with van der Waals surface area (Å²) in [7, 11) is 0. The van der Waals surface area contributed by atoms with Crippen molar-refractivity contribution in [3.8, 4) is 0 Å². The molecule has 0 aliphatic carbocycles. The smallest absolute Gasteiger partial charge is 0.277 e. The van der Waals surface area contributed by atoms with Crippen molar-refractivity contribution >= 4 is 23.2 Å². The lowest BCUT2D eigenvalue weighted by Crippen LogP contribution is -2.47. The summed E-state index contributed by atoms with van der Waals surface area (Å²) in [5, 5.41) is 23.4. The molecule has 1 aliphatic rings. The van der Waals surface area contributed by atoms with Gasteiger partial charge in [0.2, 0.25) is 5.95 Å². The standard InChI is InChI=1S/C9H13N5O4/c10-9-13-7-5(8(18)14-9)11-1-3(12-7)6(17)4(16)2-15/h3-4,11,15-16H,1-2H2,(H4,10,12,13,14,18). The topological polar surface area (TPSA) is 153 Å². The molecule has 2 atom stereocenters. The number of aromatic amines is 1. The van der Waals surface area contributed by atoms with Gasteiger partial charge in [-0.05, 0) is 0 Å². The van der Waals surface area contributed by atoms with E-state index in [9.17, 15) is 14.7 Å². The summed E-state index contributed by atoms with van der Waals surface area (Å²) in [5.74, 6) is -0.522. The van der Waals surface area contributed by atoms with Crippen LogP contribution in [0.3, 0.4) is 0 Å². The molecule has 0 fully saturated rings. The van der Waals surface area contributed by atoms with Gasteiger partial charge < -0.3 is 26.6 Å². The van der Waals surface area contributed by atoms with E-state index in [1.54, 1.807) is 0 Å². The summed E-state index contributed by atoms with van der Waals surface area (Å²) < 4.78 is 0. The van der Waals surface area contributed by atoms with Crippen LogP contribution in [0.4, 0.5) is 17.5 Å². The molecule has 2 rings (SSSR count). The molecule has 98 valence electrons. The Labute approximate surface area is 101 Å². The fourth-order valence-corrected chi connectivity index (χ4v) is 1.67. The molecular formula is C9H13N5O4. The lowest BCUT2D eigenvalue weighted by molar-refractivity contribution is -0.129. The van der Waals surface area contributed by atoms with Crippen molar-refractivity contribution in [1.82, 2.24) is 9.97 Å². The van der Waals surface area contributed by atoms with Crippen molar-refractivity contribution in [2.75, 3.05) is 29.5 Å². The molecule has 2 heterocycles. The zero-order chi connectivity index (χ0) is 13.3. The second kappa shape index (κ2) is 4.63. The van der Waals surface area contributed by atoms with Crippen molar-refractivity contribution in [3.05, 3.63) is 10.4 Å². The maximum atomic E-state index is 11.7. The first-order valence-corrected chi connectivity index (χ1v) is 5.25. The fourth-order valence-electron chi connectivity index (χ4n) is 1.67. The van der Waals surface area contributed by atoms with Gasteiger partial charge in [-0.15, -0.1) is 0 Å². The second-order valence-electron chi connectivity index (χ2n) is 3.85.